The van der Waals surface area contributed by atoms with Gasteiger partial charge in [0.05, 0.1) is 45.6 Å². The lowest BCUT2D eigenvalue weighted by molar-refractivity contribution is 1.35. The molecule has 0 fully saturated rings. The highest BCUT2D eigenvalue weighted by atomic mass is 15.2. The molecule has 0 aromatic heterocycles. The number of anilines is 1. The monoisotopic (exact) mass is 414 g/mol. The van der Waals surface area contributed by atoms with E-state index in [1.807, 2.05) is 85.0 Å². The van der Waals surface area contributed by atoms with E-state index >= 15 is 0 Å². The van der Waals surface area contributed by atoms with Crippen molar-refractivity contribution in [1.29, 1.82) is 0 Å². The maximum Gasteiger partial charge on any atom is 0.0737 e. The van der Waals surface area contributed by atoms with Crippen LogP contribution in [0, 0.1) is 0 Å². The minimum absolute atomic E-state index is 0.844. The Bertz CT molecular complexity index is 1410. The summed E-state index contributed by atoms with van der Waals surface area (Å²) in [5, 5.41) is 0. The first-order valence-electron chi connectivity index (χ1n) is 10.3. The Morgan fingerprint density at radius 2 is 1.06 bits per heavy atom. The molecule has 1 aromatic rings. The molecule has 0 amide bonds. The van der Waals surface area contributed by atoms with Gasteiger partial charge in [0.25, 0.3) is 0 Å². The molecule has 0 unspecified atom stereocenters. The predicted octanol–water partition coefficient (Wildman–Crippen LogP) is 4.39. The molecule has 8 bridgehead atoms. The van der Waals surface area contributed by atoms with Gasteiger partial charge in [0.15, 0.2) is 0 Å². The number of hydrazine groups is 1. The van der Waals surface area contributed by atoms with Gasteiger partial charge < -0.3 is 5.43 Å². The van der Waals surface area contributed by atoms with E-state index in [0.717, 1.165) is 62.5 Å². The second-order valence-corrected chi connectivity index (χ2v) is 7.66. The summed E-state index contributed by atoms with van der Waals surface area (Å²) in [5.74, 6) is 5.52. The van der Waals surface area contributed by atoms with Crippen molar-refractivity contribution in [2.24, 2.45) is 25.8 Å². The van der Waals surface area contributed by atoms with Gasteiger partial charge in [0, 0.05) is 11.3 Å². The van der Waals surface area contributed by atoms with E-state index < -0.39 is 0 Å². The van der Waals surface area contributed by atoms with Crippen LogP contribution in [0.3, 0.4) is 0 Å². The molecule has 5 aliphatic heterocycles. The van der Waals surface area contributed by atoms with Gasteiger partial charge in [-0.15, -0.1) is 0 Å². The van der Waals surface area contributed by atoms with E-state index in [0.29, 0.717) is 0 Å². The molecule has 0 saturated carbocycles. The van der Waals surface area contributed by atoms with Crippen LogP contribution in [0.1, 0.15) is 5.56 Å². The fourth-order valence-electron chi connectivity index (χ4n) is 3.87. The number of benzene rings is 1. The van der Waals surface area contributed by atoms with Crippen molar-refractivity contribution < 1.29 is 0 Å². The third-order valence-corrected chi connectivity index (χ3v) is 5.40. The molecule has 0 saturated heterocycles. The summed E-state index contributed by atoms with van der Waals surface area (Å²) in [7, 11) is 0. The smallest absolute Gasteiger partial charge is 0.0737 e. The minimum Gasteiger partial charge on any atom is -0.324 e. The molecule has 5 heterocycles. The van der Waals surface area contributed by atoms with Gasteiger partial charge in [-0.1, -0.05) is 12.1 Å². The lowest BCUT2D eigenvalue weighted by atomic mass is 10.0. The SMILES string of the molecule is NNc1ccc(C2=CC3=NC2=CC2=NC(=CC4=NC(=CC5=NC(=C3)C=C5)C=C4)C=C2)cc1. The Balaban J connectivity index is 1.48. The number of nitrogen functional groups attached to an aromatic ring is 1. The number of fused-ring (bicyclic) bond motifs is 4. The van der Waals surface area contributed by atoms with E-state index in [2.05, 4.69) is 16.5 Å². The number of hydrogen-bond donors (Lipinski definition) is 2. The summed E-state index contributed by atoms with van der Waals surface area (Å²) in [6, 6.07) is 7.95. The van der Waals surface area contributed by atoms with Crippen LogP contribution in [0.2, 0.25) is 0 Å². The molecule has 3 N–H and O–H groups in total. The average molecular weight is 414 g/mol. The number of nitrogens with zero attached hydrogens (tertiary/aromatic N) is 4. The standard InChI is InChI=1S/C26H18N6/c27-32-17-3-1-16(2-4-17)25-14-24-13-22-8-7-20(29-22)11-18-5-6-19(28-18)12-21-9-10-23(30-21)15-26(25)31-24/h1-15,32H,27H2. The fourth-order valence-corrected chi connectivity index (χ4v) is 3.87. The largest absolute Gasteiger partial charge is 0.324 e. The molecular formula is C26H18N6. The second kappa shape index (κ2) is 7.37. The van der Waals surface area contributed by atoms with Crippen LogP contribution in [-0.2, 0) is 0 Å². The second-order valence-electron chi connectivity index (χ2n) is 7.66. The van der Waals surface area contributed by atoms with Gasteiger partial charge in [-0.25, -0.2) is 20.0 Å². The highest BCUT2D eigenvalue weighted by Crippen LogP contribution is 2.31. The van der Waals surface area contributed by atoms with Gasteiger partial charge >= 0.3 is 0 Å². The van der Waals surface area contributed by atoms with Crippen LogP contribution in [0.5, 0.6) is 0 Å². The van der Waals surface area contributed by atoms with Gasteiger partial charge in [0.1, 0.15) is 0 Å². The molecule has 0 spiro atoms. The Kier molecular flexibility index (Phi) is 4.23. The molecule has 152 valence electrons. The molecule has 6 rings (SSSR count). The number of nitrogens with two attached hydrogens (primary N) is 1. The fraction of sp³-hybridized carbons (Fsp3) is 0. The number of hydrogen-bond acceptors (Lipinski definition) is 6. The van der Waals surface area contributed by atoms with Crippen molar-refractivity contribution in [2.45, 2.75) is 0 Å². The van der Waals surface area contributed by atoms with E-state index in [4.69, 9.17) is 20.8 Å². The molecule has 32 heavy (non-hydrogen) atoms. The number of rotatable bonds is 2. The molecule has 0 aliphatic carbocycles. The van der Waals surface area contributed by atoms with Gasteiger partial charge in [0.2, 0.25) is 0 Å². The van der Waals surface area contributed by atoms with Crippen LogP contribution in [0.25, 0.3) is 5.57 Å². The van der Waals surface area contributed by atoms with E-state index in [9.17, 15) is 0 Å². The number of aliphatic imine (C=N–C) groups is 4. The molecule has 1 aromatic carbocycles. The lowest BCUT2D eigenvalue weighted by Gasteiger charge is -2.06. The summed E-state index contributed by atoms with van der Waals surface area (Å²) in [5.41, 5.74) is 12.5. The van der Waals surface area contributed by atoms with E-state index in [1.165, 1.54) is 0 Å². The summed E-state index contributed by atoms with van der Waals surface area (Å²) in [4.78, 5) is 18.9. The Labute approximate surface area is 185 Å². The zero-order valence-corrected chi connectivity index (χ0v) is 17.0. The molecule has 6 nitrogen and oxygen atoms in total. The van der Waals surface area contributed by atoms with E-state index in [-0.39, 0.29) is 0 Å². The van der Waals surface area contributed by atoms with Crippen LogP contribution < -0.4 is 11.3 Å². The average Bonchev–Trinajstić information content (AvgIpc) is 3.59. The van der Waals surface area contributed by atoms with Crippen molar-refractivity contribution in [3.63, 3.8) is 0 Å². The van der Waals surface area contributed by atoms with Crippen LogP contribution >= 0.6 is 0 Å². The summed E-state index contributed by atoms with van der Waals surface area (Å²) in [6.07, 6.45) is 22.0. The van der Waals surface area contributed by atoms with E-state index in [1.54, 1.807) is 0 Å². The normalized spacial score (nSPS) is 20.1. The molecular weight excluding hydrogens is 396 g/mol. The number of allylic oxidation sites excluding steroid dienone is 12. The van der Waals surface area contributed by atoms with Gasteiger partial charge in [-0.2, -0.15) is 0 Å². The van der Waals surface area contributed by atoms with Crippen molar-refractivity contribution in [1.82, 2.24) is 0 Å². The van der Waals surface area contributed by atoms with Gasteiger partial charge in [-0.3, -0.25) is 5.84 Å². The molecule has 6 heteroatoms. The van der Waals surface area contributed by atoms with Crippen molar-refractivity contribution in [3.05, 3.63) is 119 Å². The Morgan fingerprint density at radius 1 is 0.531 bits per heavy atom. The minimum atomic E-state index is 0.844. The molecule has 0 radical (unpaired) electrons. The van der Waals surface area contributed by atoms with Crippen molar-refractivity contribution in [3.8, 4) is 0 Å². The lowest BCUT2D eigenvalue weighted by Crippen LogP contribution is -2.06. The summed E-state index contributed by atoms with van der Waals surface area (Å²) in [6.45, 7) is 0. The Hall–Kier alpha value is -4.42. The van der Waals surface area contributed by atoms with Crippen LogP contribution in [0.4, 0.5) is 5.69 Å². The molecule has 5 aliphatic rings. The summed E-state index contributed by atoms with van der Waals surface area (Å²) < 4.78 is 0. The predicted molar refractivity (Wildman–Crippen MR) is 132 cm³/mol. The van der Waals surface area contributed by atoms with Crippen molar-refractivity contribution >= 4 is 34.1 Å². The first-order chi connectivity index (χ1) is 15.7. The summed E-state index contributed by atoms with van der Waals surface area (Å²) >= 11 is 0. The first kappa shape index (κ1) is 18.4. The zero-order chi connectivity index (χ0) is 21.5. The zero-order valence-electron chi connectivity index (χ0n) is 17.0. The topological polar surface area (TPSA) is 87.5 Å². The first-order valence-corrected chi connectivity index (χ1v) is 10.3. The molecule has 0 atom stereocenters. The van der Waals surface area contributed by atoms with Crippen LogP contribution in [0.15, 0.2) is 134 Å². The maximum absolute atomic E-state index is 5.52. The number of nitrogens with one attached hydrogen (secondary N) is 1. The van der Waals surface area contributed by atoms with Crippen LogP contribution in [-0.4, -0.2) is 22.8 Å². The van der Waals surface area contributed by atoms with Gasteiger partial charge in [-0.05, 0) is 84.5 Å². The quantitative estimate of drug-likeness (QED) is 0.555. The third-order valence-electron chi connectivity index (χ3n) is 5.40. The highest BCUT2D eigenvalue weighted by Gasteiger charge is 2.18. The highest BCUT2D eigenvalue weighted by molar-refractivity contribution is 6.19. The maximum atomic E-state index is 5.52. The van der Waals surface area contributed by atoms with Crippen molar-refractivity contribution in [2.75, 3.05) is 5.43 Å². The third kappa shape index (κ3) is 3.49. The Morgan fingerprint density at radius 3 is 1.62 bits per heavy atom.